The Morgan fingerprint density at radius 3 is 2.32 bits per heavy atom. The van der Waals surface area contributed by atoms with Gasteiger partial charge in [0, 0.05) is 28.0 Å². The Labute approximate surface area is 176 Å². The number of nitrogens with one attached hydrogen (secondary N) is 1. The van der Waals surface area contributed by atoms with E-state index in [2.05, 4.69) is 27.9 Å². The molecule has 0 aromatic heterocycles. The van der Waals surface area contributed by atoms with Crippen LogP contribution in [0, 0.1) is 10.1 Å². The Balaban J connectivity index is 2.73. The molecule has 1 aliphatic heterocycles. The lowest BCUT2D eigenvalue weighted by molar-refractivity contribution is -0.384. The highest BCUT2D eigenvalue weighted by atomic mass is 127. The van der Waals surface area contributed by atoms with Crippen molar-refractivity contribution in [3.8, 4) is 0 Å². The Kier molecular flexibility index (Phi) is 7.55. The molecule has 0 aliphatic carbocycles. The van der Waals surface area contributed by atoms with Gasteiger partial charge in [-0.15, -0.1) is 0 Å². The van der Waals surface area contributed by atoms with Crippen LogP contribution in [0.5, 0.6) is 0 Å². The zero-order valence-electron chi connectivity index (χ0n) is 15.8. The lowest BCUT2D eigenvalue weighted by Gasteiger charge is -2.31. The summed E-state index contributed by atoms with van der Waals surface area (Å²) in [6.45, 7) is 5.41. The maximum absolute atomic E-state index is 12.8. The molecular weight excluding hydrogens is 479 g/mol. The summed E-state index contributed by atoms with van der Waals surface area (Å²) in [5, 5.41) is 14.3. The maximum atomic E-state index is 12.8. The van der Waals surface area contributed by atoms with Crippen LogP contribution >= 0.6 is 22.6 Å². The van der Waals surface area contributed by atoms with E-state index in [1.807, 2.05) is 0 Å². The number of halogens is 1. The molecule has 1 aliphatic rings. The second-order valence-electron chi connectivity index (χ2n) is 5.92. The molecule has 1 N–H and O–H groups in total. The van der Waals surface area contributed by atoms with Gasteiger partial charge in [-0.05, 0) is 26.3 Å². The van der Waals surface area contributed by atoms with E-state index in [0.29, 0.717) is 21.4 Å². The van der Waals surface area contributed by atoms with E-state index in [0.717, 1.165) is 0 Å². The van der Waals surface area contributed by atoms with Crippen LogP contribution in [-0.4, -0.2) is 34.5 Å². The molecule has 0 amide bonds. The molecule has 1 aromatic rings. The van der Waals surface area contributed by atoms with E-state index in [-0.39, 0.29) is 30.0 Å². The van der Waals surface area contributed by atoms with Crippen molar-refractivity contribution in [1.29, 1.82) is 0 Å². The normalized spacial score (nSPS) is 16.5. The zero-order valence-corrected chi connectivity index (χ0v) is 17.9. The second kappa shape index (κ2) is 9.67. The summed E-state index contributed by atoms with van der Waals surface area (Å²) in [6, 6.07) is 5.91. The minimum Gasteiger partial charge on any atom is -0.463 e. The number of nitro groups is 1. The van der Waals surface area contributed by atoms with Crippen LogP contribution in [0.2, 0.25) is 0 Å². The first-order valence-electron chi connectivity index (χ1n) is 8.71. The molecule has 0 saturated heterocycles. The fourth-order valence-corrected chi connectivity index (χ4v) is 3.68. The predicted molar refractivity (Wildman–Crippen MR) is 111 cm³/mol. The number of benzene rings is 1. The van der Waals surface area contributed by atoms with E-state index in [1.54, 1.807) is 26.8 Å². The average molecular weight is 500 g/mol. The van der Waals surface area contributed by atoms with Gasteiger partial charge < -0.3 is 14.8 Å². The van der Waals surface area contributed by atoms with E-state index < -0.39 is 22.8 Å². The molecule has 1 atom stereocenters. The largest absolute Gasteiger partial charge is 0.463 e. The second-order valence-corrected chi connectivity index (χ2v) is 6.68. The Hall–Kier alpha value is -2.43. The Bertz CT molecular complexity index is 862. The van der Waals surface area contributed by atoms with Gasteiger partial charge in [-0.1, -0.05) is 34.7 Å². The molecule has 28 heavy (non-hydrogen) atoms. The van der Waals surface area contributed by atoms with Crippen molar-refractivity contribution < 1.29 is 24.0 Å². The lowest BCUT2D eigenvalue weighted by atomic mass is 9.80. The number of hydrogen-bond acceptors (Lipinski definition) is 7. The fraction of sp³-hybridized carbons (Fsp3) is 0.368. The number of allylic oxidation sites excluding steroid dienone is 2. The van der Waals surface area contributed by atoms with Crippen molar-refractivity contribution >= 4 is 40.2 Å². The van der Waals surface area contributed by atoms with Crippen molar-refractivity contribution in [2.24, 2.45) is 0 Å². The molecule has 150 valence electrons. The predicted octanol–water partition coefficient (Wildman–Crippen LogP) is 3.37. The molecule has 0 bridgehead atoms. The number of dihydropyridines is 1. The molecule has 9 heteroatoms. The van der Waals surface area contributed by atoms with E-state index in [1.165, 1.54) is 18.2 Å². The minimum absolute atomic E-state index is 0.129. The van der Waals surface area contributed by atoms with Crippen LogP contribution in [0.15, 0.2) is 46.8 Å². The Morgan fingerprint density at radius 2 is 1.79 bits per heavy atom. The Morgan fingerprint density at radius 1 is 1.18 bits per heavy atom. The van der Waals surface area contributed by atoms with Crippen molar-refractivity contribution in [2.75, 3.05) is 17.6 Å². The number of carbonyl (C=O) groups is 2. The van der Waals surface area contributed by atoms with Gasteiger partial charge in [-0.3, -0.25) is 10.1 Å². The topological polar surface area (TPSA) is 108 Å². The summed E-state index contributed by atoms with van der Waals surface area (Å²) >= 11 is 2.11. The van der Waals surface area contributed by atoms with Gasteiger partial charge >= 0.3 is 11.9 Å². The highest BCUT2D eigenvalue weighted by Crippen LogP contribution is 2.40. The molecule has 2 rings (SSSR count). The summed E-state index contributed by atoms with van der Waals surface area (Å²) in [4.78, 5) is 36.2. The van der Waals surface area contributed by atoms with Crippen molar-refractivity contribution in [3.05, 3.63) is 62.5 Å². The number of rotatable bonds is 7. The third kappa shape index (κ3) is 4.51. The molecule has 0 spiro atoms. The number of ether oxygens (including phenoxy) is 2. The zero-order chi connectivity index (χ0) is 20.8. The van der Waals surface area contributed by atoms with Gasteiger partial charge in [0.15, 0.2) is 0 Å². The van der Waals surface area contributed by atoms with Crippen LogP contribution in [0.25, 0.3) is 0 Å². The lowest BCUT2D eigenvalue weighted by Crippen LogP contribution is -2.34. The fourth-order valence-electron chi connectivity index (χ4n) is 3.08. The van der Waals surface area contributed by atoms with Crippen molar-refractivity contribution in [1.82, 2.24) is 5.32 Å². The van der Waals surface area contributed by atoms with Crippen LogP contribution in [-0.2, 0) is 19.1 Å². The number of hydrogen-bond donors (Lipinski definition) is 1. The number of alkyl halides is 1. The summed E-state index contributed by atoms with van der Waals surface area (Å²) in [5.41, 5.74) is 1.94. The van der Waals surface area contributed by atoms with Crippen LogP contribution < -0.4 is 5.32 Å². The third-order valence-corrected chi connectivity index (χ3v) is 4.95. The smallest absolute Gasteiger partial charge is 0.336 e. The number of nitro benzene ring substituents is 1. The molecule has 8 nitrogen and oxygen atoms in total. The summed E-state index contributed by atoms with van der Waals surface area (Å²) in [5.74, 6) is -1.99. The molecule has 0 saturated carbocycles. The monoisotopic (exact) mass is 500 g/mol. The quantitative estimate of drug-likeness (QED) is 0.201. The van der Waals surface area contributed by atoms with Crippen LogP contribution in [0.3, 0.4) is 0 Å². The number of carbonyl (C=O) groups excluding carboxylic acids is 2. The van der Waals surface area contributed by atoms with Gasteiger partial charge in [0.1, 0.15) is 0 Å². The first-order chi connectivity index (χ1) is 13.3. The van der Waals surface area contributed by atoms with E-state index in [9.17, 15) is 19.7 Å². The molecule has 1 unspecified atom stereocenters. The molecule has 0 radical (unpaired) electrons. The molecule has 1 aromatic carbocycles. The van der Waals surface area contributed by atoms with Gasteiger partial charge in [-0.25, -0.2) is 9.59 Å². The maximum Gasteiger partial charge on any atom is 0.336 e. The summed E-state index contributed by atoms with van der Waals surface area (Å²) < 4.78 is 10.9. The van der Waals surface area contributed by atoms with Crippen LogP contribution in [0.1, 0.15) is 32.3 Å². The van der Waals surface area contributed by atoms with E-state index in [4.69, 9.17) is 9.47 Å². The number of esters is 2. The number of non-ortho nitro benzene ring substituents is 1. The standard InChI is InChI=1S/C19H21IN2O6/c1-4-27-18(23)15-11(3)21-14(10-20)17(19(24)28-5-2)16(15)12-7-6-8-13(9-12)22(25)26/h6-9,16,21H,4-5,10H2,1-3H3. The number of nitrogens with zero attached hydrogens (tertiary/aromatic N) is 1. The van der Waals surface area contributed by atoms with E-state index >= 15 is 0 Å². The first-order valence-corrected chi connectivity index (χ1v) is 10.2. The summed E-state index contributed by atoms with van der Waals surface area (Å²) in [7, 11) is 0. The highest BCUT2D eigenvalue weighted by molar-refractivity contribution is 14.1. The average Bonchev–Trinajstić information content (AvgIpc) is 2.67. The molecule has 1 heterocycles. The SMILES string of the molecule is CCOC(=O)C1=C(C)NC(CI)=C(C(=O)OCC)C1c1cccc([N+](=O)[O-])c1. The third-order valence-electron chi connectivity index (χ3n) is 4.18. The summed E-state index contributed by atoms with van der Waals surface area (Å²) in [6.07, 6.45) is 0. The van der Waals surface area contributed by atoms with Crippen LogP contribution in [0.4, 0.5) is 5.69 Å². The van der Waals surface area contributed by atoms with Crippen molar-refractivity contribution in [3.63, 3.8) is 0 Å². The molecule has 0 fully saturated rings. The molecular formula is C19H21IN2O6. The van der Waals surface area contributed by atoms with Gasteiger partial charge in [-0.2, -0.15) is 0 Å². The van der Waals surface area contributed by atoms with Gasteiger partial charge in [0.2, 0.25) is 0 Å². The minimum atomic E-state index is -0.830. The van der Waals surface area contributed by atoms with Gasteiger partial charge in [0.05, 0.1) is 35.2 Å². The highest BCUT2D eigenvalue weighted by Gasteiger charge is 2.39. The van der Waals surface area contributed by atoms with Crippen molar-refractivity contribution in [2.45, 2.75) is 26.7 Å². The van der Waals surface area contributed by atoms with Gasteiger partial charge in [0.25, 0.3) is 5.69 Å². The first kappa shape index (κ1) is 21.9.